The second-order valence-corrected chi connectivity index (χ2v) is 6.69. The summed E-state index contributed by atoms with van der Waals surface area (Å²) in [6.45, 7) is 4.18. The van der Waals surface area contributed by atoms with Crippen LogP contribution in [0.2, 0.25) is 0 Å². The van der Waals surface area contributed by atoms with E-state index in [1.165, 1.54) is 49.6 Å². The maximum Gasteiger partial charge on any atom is 0.137 e. The lowest BCUT2D eigenvalue weighted by Gasteiger charge is -2.36. The number of fused-ring (bicyclic) bond motifs is 1. The Morgan fingerprint density at radius 1 is 1.14 bits per heavy atom. The largest absolute Gasteiger partial charge is 0.380 e. The van der Waals surface area contributed by atoms with Crippen LogP contribution in [-0.2, 0) is 4.74 Å². The topological polar surface area (TPSA) is 41.1 Å². The zero-order valence-corrected chi connectivity index (χ0v) is 13.1. The first-order valence-electron chi connectivity index (χ1n) is 8.65. The second kappa shape index (κ2) is 6.39. The molecule has 0 atom stereocenters. The average Bonchev–Trinajstić information content (AvgIpc) is 2.87. The molecule has 1 N–H and O–H groups in total. The standard InChI is InChI=1S/C18H25N3O/c1-8-21(9-11-22-10-1)17-4-2-14(3-5-17)16-12-15-6-7-19-18(15)20-13-16/h6-7,12-14,17H,1-5,8-11H2,(H,19,20). The molecule has 2 aromatic rings. The Hall–Kier alpha value is -1.39. The van der Waals surface area contributed by atoms with E-state index in [0.29, 0.717) is 5.92 Å². The lowest BCUT2D eigenvalue weighted by atomic mass is 9.81. The molecule has 118 valence electrons. The van der Waals surface area contributed by atoms with Gasteiger partial charge in [-0.3, -0.25) is 4.90 Å². The number of hydrogen-bond acceptors (Lipinski definition) is 3. The van der Waals surface area contributed by atoms with E-state index >= 15 is 0 Å². The van der Waals surface area contributed by atoms with Crippen LogP contribution < -0.4 is 0 Å². The van der Waals surface area contributed by atoms with Gasteiger partial charge in [0, 0.05) is 43.5 Å². The summed E-state index contributed by atoms with van der Waals surface area (Å²) in [5.41, 5.74) is 2.42. The van der Waals surface area contributed by atoms with Crippen LogP contribution in [0.4, 0.5) is 0 Å². The third kappa shape index (κ3) is 2.90. The molecule has 0 bridgehead atoms. The smallest absolute Gasteiger partial charge is 0.137 e. The van der Waals surface area contributed by atoms with E-state index in [-0.39, 0.29) is 0 Å². The monoisotopic (exact) mass is 299 g/mol. The summed E-state index contributed by atoms with van der Waals surface area (Å²) in [6.07, 6.45) is 10.4. The summed E-state index contributed by atoms with van der Waals surface area (Å²) in [4.78, 5) is 10.4. The fourth-order valence-corrected chi connectivity index (χ4v) is 4.08. The van der Waals surface area contributed by atoms with Crippen molar-refractivity contribution in [3.05, 3.63) is 30.1 Å². The number of H-pyrrole nitrogens is 1. The Morgan fingerprint density at radius 3 is 2.95 bits per heavy atom. The number of aromatic amines is 1. The van der Waals surface area contributed by atoms with Gasteiger partial charge in [0.2, 0.25) is 0 Å². The van der Waals surface area contributed by atoms with E-state index < -0.39 is 0 Å². The summed E-state index contributed by atoms with van der Waals surface area (Å²) in [6, 6.07) is 5.21. The predicted octanol–water partition coefficient (Wildman–Crippen LogP) is 3.31. The Labute approximate surface area is 131 Å². The second-order valence-electron chi connectivity index (χ2n) is 6.69. The summed E-state index contributed by atoms with van der Waals surface area (Å²) in [7, 11) is 0. The lowest BCUT2D eigenvalue weighted by molar-refractivity contribution is 0.118. The van der Waals surface area contributed by atoms with Crippen molar-refractivity contribution < 1.29 is 4.74 Å². The molecular formula is C18H25N3O. The summed E-state index contributed by atoms with van der Waals surface area (Å²) < 4.78 is 5.59. The highest BCUT2D eigenvalue weighted by Gasteiger charge is 2.27. The van der Waals surface area contributed by atoms with Crippen LogP contribution >= 0.6 is 0 Å². The van der Waals surface area contributed by atoms with E-state index in [9.17, 15) is 0 Å². The number of nitrogens with one attached hydrogen (secondary N) is 1. The molecule has 1 saturated heterocycles. The molecule has 1 aliphatic heterocycles. The van der Waals surface area contributed by atoms with Gasteiger partial charge in [-0.15, -0.1) is 0 Å². The molecule has 1 aliphatic carbocycles. The summed E-state index contributed by atoms with van der Waals surface area (Å²) in [5, 5.41) is 1.24. The Kier molecular flexibility index (Phi) is 4.13. The van der Waals surface area contributed by atoms with Crippen molar-refractivity contribution in [2.45, 2.75) is 44.1 Å². The van der Waals surface area contributed by atoms with Crippen molar-refractivity contribution in [3.8, 4) is 0 Å². The summed E-state index contributed by atoms with van der Waals surface area (Å²) >= 11 is 0. The van der Waals surface area contributed by atoms with Crippen LogP contribution in [0.3, 0.4) is 0 Å². The number of rotatable bonds is 2. The van der Waals surface area contributed by atoms with Gasteiger partial charge in [0.25, 0.3) is 0 Å². The van der Waals surface area contributed by atoms with Crippen molar-refractivity contribution in [3.63, 3.8) is 0 Å². The summed E-state index contributed by atoms with van der Waals surface area (Å²) in [5.74, 6) is 0.686. The van der Waals surface area contributed by atoms with E-state index in [0.717, 1.165) is 31.4 Å². The fourth-order valence-electron chi connectivity index (χ4n) is 4.08. The minimum absolute atomic E-state index is 0.686. The molecule has 0 radical (unpaired) electrons. The van der Waals surface area contributed by atoms with Crippen LogP contribution in [0.25, 0.3) is 11.0 Å². The van der Waals surface area contributed by atoms with Gasteiger partial charge in [0.1, 0.15) is 5.65 Å². The fraction of sp³-hybridized carbons (Fsp3) is 0.611. The molecule has 0 aromatic carbocycles. The van der Waals surface area contributed by atoms with Crippen LogP contribution in [0.15, 0.2) is 24.5 Å². The number of nitrogens with zero attached hydrogens (tertiary/aromatic N) is 2. The molecule has 2 fully saturated rings. The first-order chi connectivity index (χ1) is 10.9. The molecule has 0 unspecified atom stereocenters. The van der Waals surface area contributed by atoms with Crippen molar-refractivity contribution in [2.24, 2.45) is 0 Å². The van der Waals surface area contributed by atoms with Crippen molar-refractivity contribution in [1.82, 2.24) is 14.9 Å². The first-order valence-corrected chi connectivity index (χ1v) is 8.65. The van der Waals surface area contributed by atoms with Crippen LogP contribution in [-0.4, -0.2) is 47.2 Å². The molecular weight excluding hydrogens is 274 g/mol. The molecule has 4 nitrogen and oxygen atoms in total. The van der Waals surface area contributed by atoms with Gasteiger partial charge >= 0.3 is 0 Å². The van der Waals surface area contributed by atoms with Gasteiger partial charge in [-0.25, -0.2) is 4.98 Å². The van der Waals surface area contributed by atoms with Gasteiger partial charge in [-0.2, -0.15) is 0 Å². The molecule has 0 spiro atoms. The number of pyridine rings is 1. The van der Waals surface area contributed by atoms with E-state index in [4.69, 9.17) is 4.74 Å². The molecule has 1 saturated carbocycles. The van der Waals surface area contributed by atoms with Gasteiger partial charge in [-0.05, 0) is 55.7 Å². The predicted molar refractivity (Wildman–Crippen MR) is 88.1 cm³/mol. The maximum absolute atomic E-state index is 5.59. The van der Waals surface area contributed by atoms with E-state index in [1.54, 1.807) is 0 Å². The highest BCUT2D eigenvalue weighted by Crippen LogP contribution is 2.35. The van der Waals surface area contributed by atoms with Gasteiger partial charge in [0.05, 0.1) is 6.61 Å². The number of aromatic nitrogens is 2. The Morgan fingerprint density at radius 2 is 2.05 bits per heavy atom. The number of hydrogen-bond donors (Lipinski definition) is 1. The van der Waals surface area contributed by atoms with Crippen LogP contribution in [0.5, 0.6) is 0 Å². The number of ether oxygens (including phenoxy) is 1. The maximum atomic E-state index is 5.59. The zero-order valence-electron chi connectivity index (χ0n) is 13.1. The quantitative estimate of drug-likeness (QED) is 0.925. The Bertz CT molecular complexity index is 608. The van der Waals surface area contributed by atoms with Crippen molar-refractivity contribution in [1.29, 1.82) is 0 Å². The van der Waals surface area contributed by atoms with E-state index in [1.807, 2.05) is 6.20 Å². The van der Waals surface area contributed by atoms with E-state index in [2.05, 4.69) is 33.2 Å². The molecule has 4 rings (SSSR count). The minimum atomic E-state index is 0.686. The third-order valence-electron chi connectivity index (χ3n) is 5.36. The molecule has 3 heterocycles. The normalized spacial score (nSPS) is 27.8. The molecule has 4 heteroatoms. The molecule has 2 aromatic heterocycles. The molecule has 22 heavy (non-hydrogen) atoms. The third-order valence-corrected chi connectivity index (χ3v) is 5.36. The van der Waals surface area contributed by atoms with Gasteiger partial charge in [-0.1, -0.05) is 0 Å². The minimum Gasteiger partial charge on any atom is -0.380 e. The van der Waals surface area contributed by atoms with Gasteiger partial charge < -0.3 is 9.72 Å². The molecule has 2 aliphatic rings. The Balaban J connectivity index is 1.40. The zero-order chi connectivity index (χ0) is 14.8. The average molecular weight is 299 g/mol. The molecule has 0 amide bonds. The highest BCUT2D eigenvalue weighted by molar-refractivity contribution is 5.75. The first kappa shape index (κ1) is 14.2. The van der Waals surface area contributed by atoms with Crippen LogP contribution in [0, 0.1) is 0 Å². The SMILES string of the molecule is c1cc2cc(C3CCC(N4CCCOCC4)CC3)cnc2[nH]1. The van der Waals surface area contributed by atoms with Gasteiger partial charge in [0.15, 0.2) is 0 Å². The van der Waals surface area contributed by atoms with Crippen LogP contribution in [0.1, 0.15) is 43.6 Å². The van der Waals surface area contributed by atoms with Crippen molar-refractivity contribution >= 4 is 11.0 Å². The lowest BCUT2D eigenvalue weighted by Crippen LogP contribution is -2.39. The highest BCUT2D eigenvalue weighted by atomic mass is 16.5. The van der Waals surface area contributed by atoms with Crippen molar-refractivity contribution in [2.75, 3.05) is 26.3 Å².